The van der Waals surface area contributed by atoms with E-state index in [0.29, 0.717) is 11.3 Å². The van der Waals surface area contributed by atoms with Crippen molar-refractivity contribution >= 4 is 17.4 Å². The van der Waals surface area contributed by atoms with Gasteiger partial charge >= 0.3 is 0 Å². The Morgan fingerprint density at radius 2 is 1.73 bits per heavy atom. The molecule has 1 saturated carbocycles. The Balaban J connectivity index is 1.84. The van der Waals surface area contributed by atoms with Gasteiger partial charge in [-0.3, -0.25) is 9.59 Å². The third-order valence-corrected chi connectivity index (χ3v) is 4.50. The van der Waals surface area contributed by atoms with Crippen molar-refractivity contribution in [3.63, 3.8) is 0 Å². The summed E-state index contributed by atoms with van der Waals surface area (Å²) in [5, 5.41) is 2.99. The Hall–Kier alpha value is -2.42. The monoisotopic (exact) mass is 293 g/mol. The molecule has 0 unspecified atom stereocenters. The molecular formula is C19H19NO2. The molecule has 1 N–H and O–H groups in total. The van der Waals surface area contributed by atoms with Crippen LogP contribution < -0.4 is 5.32 Å². The molecule has 3 nitrogen and oxygen atoms in total. The van der Waals surface area contributed by atoms with Gasteiger partial charge in [-0.25, -0.2) is 0 Å². The van der Waals surface area contributed by atoms with Crippen molar-refractivity contribution in [2.45, 2.75) is 31.6 Å². The fourth-order valence-corrected chi connectivity index (χ4v) is 3.00. The standard InChI is InChI=1S/C19H19NO2/c1-14(21)15-7-5-10-17(13-15)20-18(22)19(11-6-12-19)16-8-3-2-4-9-16/h2-5,7-10,13H,6,11-12H2,1H3,(H,20,22). The molecule has 0 radical (unpaired) electrons. The van der Waals surface area contributed by atoms with Crippen LogP contribution in [-0.2, 0) is 10.2 Å². The van der Waals surface area contributed by atoms with Crippen LogP contribution in [0.5, 0.6) is 0 Å². The average Bonchev–Trinajstić information content (AvgIpc) is 2.47. The van der Waals surface area contributed by atoms with Crippen LogP contribution in [-0.4, -0.2) is 11.7 Å². The lowest BCUT2D eigenvalue weighted by molar-refractivity contribution is -0.124. The summed E-state index contributed by atoms with van der Waals surface area (Å²) in [6, 6.07) is 17.0. The number of nitrogens with one attached hydrogen (secondary N) is 1. The zero-order valence-corrected chi connectivity index (χ0v) is 12.6. The van der Waals surface area contributed by atoms with E-state index < -0.39 is 5.41 Å². The van der Waals surface area contributed by atoms with E-state index >= 15 is 0 Å². The molecule has 1 amide bonds. The maximum Gasteiger partial charge on any atom is 0.235 e. The third kappa shape index (κ3) is 2.54. The Kier molecular flexibility index (Phi) is 3.80. The van der Waals surface area contributed by atoms with Gasteiger partial charge in [-0.1, -0.05) is 48.9 Å². The van der Waals surface area contributed by atoms with Crippen LogP contribution in [0.1, 0.15) is 42.1 Å². The molecule has 1 aliphatic carbocycles. The number of rotatable bonds is 4. The van der Waals surface area contributed by atoms with Gasteiger partial charge < -0.3 is 5.32 Å². The number of hydrogen-bond donors (Lipinski definition) is 1. The summed E-state index contributed by atoms with van der Waals surface area (Å²) in [5.74, 6) is 0.0168. The summed E-state index contributed by atoms with van der Waals surface area (Å²) in [6.45, 7) is 1.53. The first kappa shape index (κ1) is 14.5. The first-order chi connectivity index (χ1) is 10.6. The first-order valence-corrected chi connectivity index (χ1v) is 7.60. The summed E-state index contributed by atoms with van der Waals surface area (Å²) in [7, 11) is 0. The number of Topliss-reactive ketones (excluding diaryl/α,β-unsaturated/α-hetero) is 1. The number of anilines is 1. The highest BCUT2D eigenvalue weighted by molar-refractivity contribution is 6.01. The maximum absolute atomic E-state index is 12.8. The molecule has 22 heavy (non-hydrogen) atoms. The van der Waals surface area contributed by atoms with Gasteiger partial charge in [0.2, 0.25) is 5.91 Å². The van der Waals surface area contributed by atoms with Gasteiger partial charge in [0.15, 0.2) is 5.78 Å². The molecule has 1 fully saturated rings. The lowest BCUT2D eigenvalue weighted by Gasteiger charge is -2.40. The number of hydrogen-bond acceptors (Lipinski definition) is 2. The zero-order chi connectivity index (χ0) is 15.6. The van der Waals surface area contributed by atoms with E-state index in [2.05, 4.69) is 5.32 Å². The molecule has 0 heterocycles. The number of carbonyl (C=O) groups excluding carboxylic acids is 2. The largest absolute Gasteiger partial charge is 0.325 e. The zero-order valence-electron chi connectivity index (χ0n) is 12.6. The highest BCUT2D eigenvalue weighted by Crippen LogP contribution is 2.44. The van der Waals surface area contributed by atoms with Crippen LogP contribution in [0.25, 0.3) is 0 Å². The average molecular weight is 293 g/mol. The van der Waals surface area contributed by atoms with E-state index in [9.17, 15) is 9.59 Å². The van der Waals surface area contributed by atoms with Crippen LogP contribution in [0.3, 0.4) is 0 Å². The smallest absolute Gasteiger partial charge is 0.235 e. The van der Waals surface area contributed by atoms with Gasteiger partial charge in [0.25, 0.3) is 0 Å². The summed E-state index contributed by atoms with van der Waals surface area (Å²) in [5.41, 5.74) is 1.94. The molecule has 0 bridgehead atoms. The fraction of sp³-hybridized carbons (Fsp3) is 0.263. The van der Waals surface area contributed by atoms with Crippen molar-refractivity contribution < 1.29 is 9.59 Å². The Bertz CT molecular complexity index is 702. The van der Waals surface area contributed by atoms with E-state index in [1.54, 1.807) is 18.2 Å². The molecule has 2 aromatic carbocycles. The van der Waals surface area contributed by atoms with Crippen molar-refractivity contribution in [3.8, 4) is 0 Å². The van der Waals surface area contributed by atoms with E-state index in [1.807, 2.05) is 36.4 Å². The van der Waals surface area contributed by atoms with Gasteiger partial charge in [-0.2, -0.15) is 0 Å². The Morgan fingerprint density at radius 1 is 1.00 bits per heavy atom. The lowest BCUT2D eigenvalue weighted by Crippen LogP contribution is -2.46. The molecule has 0 aliphatic heterocycles. The molecule has 0 aromatic heterocycles. The quantitative estimate of drug-likeness (QED) is 0.868. The highest BCUT2D eigenvalue weighted by Gasteiger charge is 2.45. The van der Waals surface area contributed by atoms with E-state index in [1.165, 1.54) is 6.92 Å². The summed E-state index contributed by atoms with van der Waals surface area (Å²) >= 11 is 0. The van der Waals surface area contributed by atoms with Gasteiger partial charge in [-0.15, -0.1) is 0 Å². The molecule has 3 rings (SSSR count). The molecule has 1 aliphatic rings. The van der Waals surface area contributed by atoms with Crippen LogP contribution in [0.4, 0.5) is 5.69 Å². The van der Waals surface area contributed by atoms with Crippen LogP contribution in [0, 0.1) is 0 Å². The third-order valence-electron chi connectivity index (χ3n) is 4.50. The predicted octanol–water partition coefficient (Wildman–Crippen LogP) is 3.95. The van der Waals surface area contributed by atoms with Crippen LogP contribution in [0.2, 0.25) is 0 Å². The molecular weight excluding hydrogens is 274 g/mol. The maximum atomic E-state index is 12.8. The van der Waals surface area contributed by atoms with Crippen molar-refractivity contribution in [3.05, 3.63) is 65.7 Å². The number of carbonyl (C=O) groups is 2. The number of benzene rings is 2. The molecule has 0 saturated heterocycles. The van der Waals surface area contributed by atoms with Crippen molar-refractivity contribution in [2.24, 2.45) is 0 Å². The molecule has 0 spiro atoms. The molecule has 0 atom stereocenters. The van der Waals surface area contributed by atoms with Gasteiger partial charge in [0.05, 0.1) is 5.41 Å². The summed E-state index contributed by atoms with van der Waals surface area (Å²) in [6.07, 6.45) is 2.81. The van der Waals surface area contributed by atoms with Crippen molar-refractivity contribution in [2.75, 3.05) is 5.32 Å². The first-order valence-electron chi connectivity index (χ1n) is 7.60. The number of ketones is 1. The minimum Gasteiger partial charge on any atom is -0.325 e. The SMILES string of the molecule is CC(=O)c1cccc(NC(=O)C2(c3ccccc3)CCC2)c1. The van der Waals surface area contributed by atoms with Gasteiger partial charge in [0, 0.05) is 11.3 Å². The van der Waals surface area contributed by atoms with E-state index in [4.69, 9.17) is 0 Å². The number of amides is 1. The van der Waals surface area contributed by atoms with Crippen molar-refractivity contribution in [1.82, 2.24) is 0 Å². The topological polar surface area (TPSA) is 46.2 Å². The molecule has 2 aromatic rings. The molecule has 112 valence electrons. The van der Waals surface area contributed by atoms with Crippen LogP contribution in [0.15, 0.2) is 54.6 Å². The Morgan fingerprint density at radius 3 is 2.32 bits per heavy atom. The molecule has 3 heteroatoms. The summed E-state index contributed by atoms with van der Waals surface area (Å²) < 4.78 is 0. The second-order valence-electron chi connectivity index (χ2n) is 5.89. The van der Waals surface area contributed by atoms with E-state index in [-0.39, 0.29) is 11.7 Å². The lowest BCUT2D eigenvalue weighted by atomic mass is 9.64. The Labute approximate surface area is 130 Å². The highest BCUT2D eigenvalue weighted by atomic mass is 16.2. The second-order valence-corrected chi connectivity index (χ2v) is 5.89. The minimum atomic E-state index is -0.423. The van der Waals surface area contributed by atoms with E-state index in [0.717, 1.165) is 24.8 Å². The van der Waals surface area contributed by atoms with Crippen molar-refractivity contribution in [1.29, 1.82) is 0 Å². The predicted molar refractivity (Wildman–Crippen MR) is 87.0 cm³/mol. The summed E-state index contributed by atoms with van der Waals surface area (Å²) in [4.78, 5) is 24.3. The second kappa shape index (κ2) is 5.76. The minimum absolute atomic E-state index is 0.00230. The normalized spacial score (nSPS) is 15.7. The fourth-order valence-electron chi connectivity index (χ4n) is 3.00. The van der Waals surface area contributed by atoms with Gasteiger partial charge in [-0.05, 0) is 37.5 Å². The van der Waals surface area contributed by atoms with Gasteiger partial charge in [0.1, 0.15) is 0 Å². The van der Waals surface area contributed by atoms with Crippen LogP contribution >= 0.6 is 0 Å².